The number of aliphatic hydroxyl groups is 1. The average molecular weight is 204 g/mol. The topological polar surface area (TPSA) is 46.5 Å². The summed E-state index contributed by atoms with van der Waals surface area (Å²) in [5, 5.41) is 9.40. The first-order chi connectivity index (χ1) is 7.27. The van der Waals surface area contributed by atoms with E-state index in [-0.39, 0.29) is 5.78 Å². The zero-order chi connectivity index (χ0) is 10.7. The highest BCUT2D eigenvalue weighted by Gasteiger charge is 2.29. The molecule has 78 valence electrons. The van der Waals surface area contributed by atoms with Crippen molar-refractivity contribution in [3.05, 3.63) is 48.0 Å². The number of ether oxygens (including phenoxy) is 1. The fourth-order valence-corrected chi connectivity index (χ4v) is 1.50. The lowest BCUT2D eigenvalue weighted by molar-refractivity contribution is -0.130. The molecule has 15 heavy (non-hydrogen) atoms. The molecule has 0 bridgehead atoms. The first kappa shape index (κ1) is 10.1. The molecule has 1 N–H and O–H groups in total. The van der Waals surface area contributed by atoms with E-state index in [1.165, 1.54) is 12.2 Å². The van der Waals surface area contributed by atoms with Crippen LogP contribution in [0.15, 0.2) is 42.5 Å². The van der Waals surface area contributed by atoms with Crippen LogP contribution in [0.1, 0.15) is 5.56 Å². The van der Waals surface area contributed by atoms with E-state index < -0.39 is 12.2 Å². The Morgan fingerprint density at radius 1 is 1.27 bits per heavy atom. The second-order valence-electron chi connectivity index (χ2n) is 3.47. The van der Waals surface area contributed by atoms with Gasteiger partial charge in [0.1, 0.15) is 12.2 Å². The van der Waals surface area contributed by atoms with Crippen LogP contribution < -0.4 is 0 Å². The van der Waals surface area contributed by atoms with Crippen LogP contribution in [-0.4, -0.2) is 23.1 Å². The van der Waals surface area contributed by atoms with E-state index in [1.807, 2.05) is 30.3 Å². The Balaban J connectivity index is 1.92. The molecule has 1 aliphatic rings. The second-order valence-corrected chi connectivity index (χ2v) is 3.47. The van der Waals surface area contributed by atoms with Gasteiger partial charge in [0.05, 0.1) is 6.61 Å². The van der Waals surface area contributed by atoms with Gasteiger partial charge in [-0.2, -0.15) is 0 Å². The molecule has 0 aromatic heterocycles. The summed E-state index contributed by atoms with van der Waals surface area (Å²) in [7, 11) is 0. The zero-order valence-corrected chi connectivity index (χ0v) is 8.17. The van der Waals surface area contributed by atoms with Gasteiger partial charge in [0.25, 0.3) is 0 Å². The van der Waals surface area contributed by atoms with Gasteiger partial charge in [0.2, 0.25) is 0 Å². The first-order valence-electron chi connectivity index (χ1n) is 4.83. The smallest absolute Gasteiger partial charge is 0.187 e. The lowest BCUT2D eigenvalue weighted by atomic mass is 10.2. The highest BCUT2D eigenvalue weighted by Crippen LogP contribution is 2.13. The van der Waals surface area contributed by atoms with Crippen molar-refractivity contribution in [3.8, 4) is 0 Å². The molecule has 0 aliphatic heterocycles. The van der Waals surface area contributed by atoms with Crippen LogP contribution in [0.2, 0.25) is 0 Å². The molecule has 3 nitrogen and oxygen atoms in total. The number of hydrogen-bond acceptors (Lipinski definition) is 3. The van der Waals surface area contributed by atoms with Crippen molar-refractivity contribution in [2.45, 2.75) is 18.8 Å². The molecule has 1 aromatic carbocycles. The molecule has 2 atom stereocenters. The van der Waals surface area contributed by atoms with Gasteiger partial charge in [-0.15, -0.1) is 0 Å². The van der Waals surface area contributed by atoms with Gasteiger partial charge in [-0.25, -0.2) is 0 Å². The number of hydrogen-bond donors (Lipinski definition) is 1. The van der Waals surface area contributed by atoms with Gasteiger partial charge in [0.15, 0.2) is 5.78 Å². The van der Waals surface area contributed by atoms with Crippen molar-refractivity contribution in [1.29, 1.82) is 0 Å². The Morgan fingerprint density at radius 2 is 2.00 bits per heavy atom. The quantitative estimate of drug-likeness (QED) is 0.801. The number of ketones is 1. The molecule has 0 fully saturated rings. The van der Waals surface area contributed by atoms with E-state index in [2.05, 4.69) is 0 Å². The molecule has 2 unspecified atom stereocenters. The molecule has 1 aliphatic carbocycles. The highest BCUT2D eigenvalue weighted by atomic mass is 16.5. The standard InChI is InChI=1S/C12H12O3/c13-10-6-7-11(14)12(10)15-8-9-4-2-1-3-5-9/h1-7,10,12-13H,8H2. The van der Waals surface area contributed by atoms with Crippen LogP contribution in [0.4, 0.5) is 0 Å². The van der Waals surface area contributed by atoms with Crippen molar-refractivity contribution >= 4 is 5.78 Å². The minimum absolute atomic E-state index is 0.168. The van der Waals surface area contributed by atoms with Gasteiger partial charge in [-0.3, -0.25) is 4.79 Å². The predicted octanol–water partition coefficient (Wildman–Crippen LogP) is 1.07. The minimum atomic E-state index is -0.804. The number of carbonyl (C=O) groups excluding carboxylic acids is 1. The molecular weight excluding hydrogens is 192 g/mol. The number of aliphatic hydroxyl groups excluding tert-OH is 1. The maximum atomic E-state index is 11.2. The van der Waals surface area contributed by atoms with Gasteiger partial charge < -0.3 is 9.84 Å². The van der Waals surface area contributed by atoms with Crippen molar-refractivity contribution in [2.24, 2.45) is 0 Å². The Bertz CT molecular complexity index is 370. The summed E-state index contributed by atoms with van der Waals surface area (Å²) in [6.07, 6.45) is 1.28. The molecule has 1 aromatic rings. The maximum Gasteiger partial charge on any atom is 0.187 e. The third kappa shape index (κ3) is 2.32. The summed E-state index contributed by atoms with van der Waals surface area (Å²) < 4.78 is 5.35. The number of rotatable bonds is 3. The van der Waals surface area contributed by atoms with Crippen LogP contribution in [0.5, 0.6) is 0 Å². The molecule has 2 rings (SSSR count). The predicted molar refractivity (Wildman–Crippen MR) is 55.2 cm³/mol. The van der Waals surface area contributed by atoms with E-state index in [1.54, 1.807) is 0 Å². The zero-order valence-electron chi connectivity index (χ0n) is 8.17. The summed E-state index contributed by atoms with van der Waals surface area (Å²) in [4.78, 5) is 11.2. The van der Waals surface area contributed by atoms with Gasteiger partial charge in [-0.05, 0) is 17.7 Å². The van der Waals surface area contributed by atoms with Crippen LogP contribution in [0.3, 0.4) is 0 Å². The highest BCUT2D eigenvalue weighted by molar-refractivity contribution is 5.96. The average Bonchev–Trinajstić information content (AvgIpc) is 2.58. The maximum absolute atomic E-state index is 11.2. The van der Waals surface area contributed by atoms with Crippen LogP contribution in [0, 0.1) is 0 Å². The third-order valence-corrected chi connectivity index (χ3v) is 2.32. The van der Waals surface area contributed by atoms with Crippen LogP contribution in [-0.2, 0) is 16.1 Å². The molecular formula is C12H12O3. The Hall–Kier alpha value is -1.45. The third-order valence-electron chi connectivity index (χ3n) is 2.32. The Kier molecular flexibility index (Phi) is 2.94. The monoisotopic (exact) mass is 204 g/mol. The van der Waals surface area contributed by atoms with E-state index in [4.69, 9.17) is 4.74 Å². The lowest BCUT2D eigenvalue weighted by Gasteiger charge is -2.14. The fourth-order valence-electron chi connectivity index (χ4n) is 1.50. The molecule has 0 heterocycles. The molecule has 0 spiro atoms. The fraction of sp³-hybridized carbons (Fsp3) is 0.250. The Labute approximate surface area is 88.0 Å². The van der Waals surface area contributed by atoms with Gasteiger partial charge >= 0.3 is 0 Å². The lowest BCUT2D eigenvalue weighted by Crippen LogP contribution is -2.29. The summed E-state index contributed by atoms with van der Waals surface area (Å²) >= 11 is 0. The van der Waals surface area contributed by atoms with Crippen LogP contribution in [0.25, 0.3) is 0 Å². The largest absolute Gasteiger partial charge is 0.386 e. The molecule has 0 saturated carbocycles. The minimum Gasteiger partial charge on any atom is -0.386 e. The number of benzene rings is 1. The summed E-state index contributed by atoms with van der Waals surface area (Å²) in [6, 6.07) is 9.56. The molecule has 0 saturated heterocycles. The van der Waals surface area contributed by atoms with Crippen LogP contribution >= 0.6 is 0 Å². The normalized spacial score (nSPS) is 24.7. The van der Waals surface area contributed by atoms with Gasteiger partial charge in [-0.1, -0.05) is 30.3 Å². The van der Waals surface area contributed by atoms with Crippen molar-refractivity contribution in [1.82, 2.24) is 0 Å². The molecule has 0 radical (unpaired) electrons. The molecule has 0 amide bonds. The van der Waals surface area contributed by atoms with Crippen molar-refractivity contribution < 1.29 is 14.6 Å². The first-order valence-corrected chi connectivity index (χ1v) is 4.83. The molecule has 3 heteroatoms. The van der Waals surface area contributed by atoms with Gasteiger partial charge in [0, 0.05) is 0 Å². The van der Waals surface area contributed by atoms with Crippen molar-refractivity contribution in [2.75, 3.05) is 0 Å². The van der Waals surface area contributed by atoms with E-state index >= 15 is 0 Å². The Morgan fingerprint density at radius 3 is 2.60 bits per heavy atom. The second kappa shape index (κ2) is 4.38. The summed E-state index contributed by atoms with van der Waals surface area (Å²) in [5.74, 6) is -0.168. The van der Waals surface area contributed by atoms with E-state index in [9.17, 15) is 9.90 Å². The summed E-state index contributed by atoms with van der Waals surface area (Å²) in [6.45, 7) is 0.343. The van der Waals surface area contributed by atoms with Crippen molar-refractivity contribution in [3.63, 3.8) is 0 Å². The van der Waals surface area contributed by atoms with E-state index in [0.717, 1.165) is 5.56 Å². The number of carbonyl (C=O) groups is 1. The SMILES string of the molecule is O=C1C=CC(O)C1OCc1ccccc1. The summed E-state index contributed by atoms with van der Waals surface area (Å²) in [5.41, 5.74) is 0.990. The van der Waals surface area contributed by atoms with E-state index in [0.29, 0.717) is 6.61 Å².